The summed E-state index contributed by atoms with van der Waals surface area (Å²) in [6.07, 6.45) is 7.62. The standard InChI is InChI=1S/C16H28OSi/c1-8-10-14(17-18(5,6)7)15-13(2)11-9-12-16(15,3)4/h8,10H,1,9,11-12H2,2-7H3. The first-order chi connectivity index (χ1) is 8.17. The molecule has 1 rings (SSSR count). The fourth-order valence-corrected chi connectivity index (χ4v) is 3.60. The molecule has 0 fully saturated rings. The van der Waals surface area contributed by atoms with Gasteiger partial charge >= 0.3 is 0 Å². The van der Waals surface area contributed by atoms with E-state index in [9.17, 15) is 0 Å². The van der Waals surface area contributed by atoms with E-state index >= 15 is 0 Å². The molecule has 1 aliphatic carbocycles. The molecule has 0 saturated heterocycles. The predicted octanol–water partition coefficient (Wildman–Crippen LogP) is 5.43. The van der Waals surface area contributed by atoms with E-state index in [1.807, 2.05) is 12.2 Å². The Hall–Kier alpha value is -0.763. The second-order valence-electron chi connectivity index (χ2n) is 6.87. The van der Waals surface area contributed by atoms with Crippen LogP contribution < -0.4 is 0 Å². The van der Waals surface area contributed by atoms with Gasteiger partial charge in [0.2, 0.25) is 8.32 Å². The highest BCUT2D eigenvalue weighted by atomic mass is 28.4. The van der Waals surface area contributed by atoms with Crippen molar-refractivity contribution >= 4 is 8.32 Å². The molecule has 18 heavy (non-hydrogen) atoms. The van der Waals surface area contributed by atoms with E-state index in [4.69, 9.17) is 4.43 Å². The molecule has 102 valence electrons. The van der Waals surface area contributed by atoms with Crippen molar-refractivity contribution in [2.75, 3.05) is 0 Å². The molecule has 0 aromatic heterocycles. The van der Waals surface area contributed by atoms with Crippen molar-refractivity contribution in [3.05, 3.63) is 35.6 Å². The maximum absolute atomic E-state index is 6.29. The Bertz CT molecular complexity index is 380. The number of hydrogen-bond acceptors (Lipinski definition) is 1. The van der Waals surface area contributed by atoms with Gasteiger partial charge in [0.05, 0.1) is 0 Å². The second kappa shape index (κ2) is 5.48. The van der Waals surface area contributed by atoms with Crippen LogP contribution in [0.1, 0.15) is 40.0 Å². The minimum atomic E-state index is -1.58. The predicted molar refractivity (Wildman–Crippen MR) is 83.0 cm³/mol. The van der Waals surface area contributed by atoms with Gasteiger partial charge in [0.15, 0.2) is 0 Å². The van der Waals surface area contributed by atoms with Crippen LogP contribution >= 0.6 is 0 Å². The zero-order valence-corrected chi connectivity index (χ0v) is 13.9. The molecule has 0 amide bonds. The topological polar surface area (TPSA) is 9.23 Å². The van der Waals surface area contributed by atoms with Crippen molar-refractivity contribution in [3.63, 3.8) is 0 Å². The molecule has 0 heterocycles. The quantitative estimate of drug-likeness (QED) is 0.373. The lowest BCUT2D eigenvalue weighted by molar-refractivity contribution is 0.327. The van der Waals surface area contributed by atoms with Crippen LogP contribution in [0, 0.1) is 5.41 Å². The van der Waals surface area contributed by atoms with Gasteiger partial charge in [-0.3, -0.25) is 0 Å². The zero-order chi connectivity index (χ0) is 14.0. The third-order valence-corrected chi connectivity index (χ3v) is 4.22. The molecule has 0 unspecified atom stereocenters. The van der Waals surface area contributed by atoms with Gasteiger partial charge in [-0.1, -0.05) is 32.1 Å². The Kier molecular flexibility index (Phi) is 4.65. The van der Waals surface area contributed by atoms with E-state index in [2.05, 4.69) is 47.0 Å². The van der Waals surface area contributed by atoms with Crippen LogP contribution in [0.25, 0.3) is 0 Å². The Morgan fingerprint density at radius 3 is 2.39 bits per heavy atom. The Balaban J connectivity index is 3.20. The van der Waals surface area contributed by atoms with Crippen LogP contribution in [-0.4, -0.2) is 8.32 Å². The number of hydrogen-bond donors (Lipinski definition) is 0. The van der Waals surface area contributed by atoms with Gasteiger partial charge in [-0.25, -0.2) is 0 Å². The average Bonchev–Trinajstić information content (AvgIpc) is 2.13. The summed E-state index contributed by atoms with van der Waals surface area (Å²) < 4.78 is 6.29. The fraction of sp³-hybridized carbons (Fsp3) is 0.625. The van der Waals surface area contributed by atoms with E-state index in [-0.39, 0.29) is 5.41 Å². The molecule has 0 N–H and O–H groups in total. The molecule has 0 spiro atoms. The van der Waals surface area contributed by atoms with Crippen LogP contribution in [0.2, 0.25) is 19.6 Å². The van der Waals surface area contributed by atoms with Crippen LogP contribution in [0.5, 0.6) is 0 Å². The summed E-state index contributed by atoms with van der Waals surface area (Å²) in [6.45, 7) is 17.4. The van der Waals surface area contributed by atoms with Crippen LogP contribution in [0.4, 0.5) is 0 Å². The summed E-state index contributed by atoms with van der Waals surface area (Å²) in [5, 5.41) is 0. The van der Waals surface area contributed by atoms with Crippen molar-refractivity contribution in [2.45, 2.75) is 59.7 Å². The van der Waals surface area contributed by atoms with Crippen molar-refractivity contribution in [2.24, 2.45) is 5.41 Å². The average molecular weight is 264 g/mol. The molecule has 0 aromatic carbocycles. The van der Waals surface area contributed by atoms with Gasteiger partial charge in [-0.15, -0.1) is 0 Å². The van der Waals surface area contributed by atoms with Gasteiger partial charge in [0.1, 0.15) is 5.76 Å². The smallest absolute Gasteiger partial charge is 0.242 e. The lowest BCUT2D eigenvalue weighted by Crippen LogP contribution is -2.30. The lowest BCUT2D eigenvalue weighted by atomic mass is 9.72. The molecule has 0 aromatic rings. The van der Waals surface area contributed by atoms with Gasteiger partial charge in [0, 0.05) is 0 Å². The van der Waals surface area contributed by atoms with E-state index in [1.54, 1.807) is 0 Å². The summed E-state index contributed by atoms with van der Waals surface area (Å²) >= 11 is 0. The molecule has 0 saturated carbocycles. The molecular formula is C16H28OSi. The molecular weight excluding hydrogens is 236 g/mol. The van der Waals surface area contributed by atoms with Gasteiger partial charge < -0.3 is 4.43 Å². The summed E-state index contributed by atoms with van der Waals surface area (Å²) in [4.78, 5) is 0. The van der Waals surface area contributed by atoms with Gasteiger partial charge in [0.25, 0.3) is 0 Å². The first kappa shape index (κ1) is 15.3. The minimum Gasteiger partial charge on any atom is -0.544 e. The Morgan fingerprint density at radius 1 is 1.33 bits per heavy atom. The third-order valence-electron chi connectivity index (χ3n) is 3.39. The third kappa shape index (κ3) is 3.87. The van der Waals surface area contributed by atoms with E-state index in [0.29, 0.717) is 0 Å². The number of rotatable bonds is 4. The summed E-state index contributed by atoms with van der Waals surface area (Å²) in [5.41, 5.74) is 3.12. The normalized spacial score (nSPS) is 20.9. The first-order valence-corrected chi connectivity index (χ1v) is 10.3. The highest BCUT2D eigenvalue weighted by molar-refractivity contribution is 6.70. The monoisotopic (exact) mass is 264 g/mol. The zero-order valence-electron chi connectivity index (χ0n) is 12.9. The second-order valence-corrected chi connectivity index (χ2v) is 11.3. The van der Waals surface area contributed by atoms with E-state index in [0.717, 1.165) is 5.76 Å². The maximum Gasteiger partial charge on any atom is 0.242 e. The van der Waals surface area contributed by atoms with Crippen LogP contribution in [0.3, 0.4) is 0 Å². The van der Waals surface area contributed by atoms with E-state index < -0.39 is 8.32 Å². The van der Waals surface area contributed by atoms with Crippen molar-refractivity contribution < 1.29 is 4.43 Å². The Morgan fingerprint density at radius 2 is 1.94 bits per heavy atom. The number of allylic oxidation sites excluding steroid dienone is 4. The largest absolute Gasteiger partial charge is 0.544 e. The molecule has 1 nitrogen and oxygen atoms in total. The van der Waals surface area contributed by atoms with Crippen LogP contribution in [0.15, 0.2) is 35.6 Å². The summed E-state index contributed by atoms with van der Waals surface area (Å²) in [5.74, 6) is 1.06. The fourth-order valence-electron chi connectivity index (χ4n) is 2.77. The van der Waals surface area contributed by atoms with Gasteiger partial charge in [-0.05, 0) is 62.9 Å². The highest BCUT2D eigenvalue weighted by Crippen LogP contribution is 2.44. The van der Waals surface area contributed by atoms with Crippen LogP contribution in [-0.2, 0) is 4.43 Å². The minimum absolute atomic E-state index is 0.219. The molecule has 2 heteroatoms. The molecule has 0 aliphatic heterocycles. The van der Waals surface area contributed by atoms with E-state index in [1.165, 1.54) is 30.4 Å². The van der Waals surface area contributed by atoms with Crippen molar-refractivity contribution in [1.29, 1.82) is 0 Å². The maximum atomic E-state index is 6.29. The SMILES string of the molecule is C=CC=C(O[Si](C)(C)C)C1=C(C)CCCC1(C)C. The van der Waals surface area contributed by atoms with Gasteiger partial charge in [-0.2, -0.15) is 0 Å². The molecule has 1 aliphatic rings. The lowest BCUT2D eigenvalue weighted by Gasteiger charge is -2.37. The first-order valence-electron chi connectivity index (χ1n) is 6.90. The molecule has 0 radical (unpaired) electrons. The summed E-state index contributed by atoms with van der Waals surface area (Å²) in [6, 6.07) is 0. The highest BCUT2D eigenvalue weighted by Gasteiger charge is 2.33. The van der Waals surface area contributed by atoms with Crippen molar-refractivity contribution in [3.8, 4) is 0 Å². The Labute approximate surface area is 114 Å². The molecule has 0 atom stereocenters. The molecule has 0 bridgehead atoms. The van der Waals surface area contributed by atoms with Crippen molar-refractivity contribution in [1.82, 2.24) is 0 Å². The summed E-state index contributed by atoms with van der Waals surface area (Å²) in [7, 11) is -1.58.